The van der Waals surface area contributed by atoms with E-state index in [1.165, 1.54) is 0 Å². The number of carbonyl (C=O) groups is 1. The number of hydrogen-bond acceptors (Lipinski definition) is 3. The van der Waals surface area contributed by atoms with Gasteiger partial charge >= 0.3 is 0 Å². The lowest BCUT2D eigenvalue weighted by Gasteiger charge is -2.23. The Morgan fingerprint density at radius 2 is 2.38 bits per heavy atom. The quantitative estimate of drug-likeness (QED) is 0.897. The van der Waals surface area contributed by atoms with Gasteiger partial charge in [-0.1, -0.05) is 0 Å². The predicted octanol–water partition coefficient (Wildman–Crippen LogP) is 1.61. The van der Waals surface area contributed by atoms with Crippen molar-refractivity contribution in [3.63, 3.8) is 0 Å². The van der Waals surface area contributed by atoms with E-state index in [4.69, 9.17) is 5.73 Å². The Hall–Kier alpha value is -1.10. The third-order valence-electron chi connectivity index (χ3n) is 2.88. The van der Waals surface area contributed by atoms with Crippen molar-refractivity contribution in [3.8, 4) is 0 Å². The Labute approximate surface area is 103 Å². The van der Waals surface area contributed by atoms with Gasteiger partial charge in [-0.2, -0.15) is 0 Å². The summed E-state index contributed by atoms with van der Waals surface area (Å²) < 4.78 is 0.978. The number of anilines is 1. The molecule has 1 fully saturated rings. The van der Waals surface area contributed by atoms with Crippen molar-refractivity contribution in [3.05, 3.63) is 22.3 Å². The van der Waals surface area contributed by atoms with Gasteiger partial charge in [0.1, 0.15) is 11.9 Å². The first-order chi connectivity index (χ1) is 7.59. The molecule has 1 unspecified atom stereocenters. The van der Waals surface area contributed by atoms with Crippen molar-refractivity contribution < 1.29 is 4.79 Å². The molecule has 0 aromatic carbocycles. The van der Waals surface area contributed by atoms with Crippen molar-refractivity contribution in [1.82, 2.24) is 4.98 Å². The third kappa shape index (κ3) is 2.04. The van der Waals surface area contributed by atoms with Gasteiger partial charge < -0.3 is 10.6 Å². The molecule has 5 heteroatoms. The molecule has 0 saturated carbocycles. The van der Waals surface area contributed by atoms with E-state index in [1.54, 1.807) is 0 Å². The molecule has 86 valence electrons. The highest BCUT2D eigenvalue weighted by molar-refractivity contribution is 9.10. The predicted molar refractivity (Wildman–Crippen MR) is 66.2 cm³/mol. The number of rotatable bonds is 2. The largest absolute Gasteiger partial charge is 0.368 e. The first-order valence-electron chi connectivity index (χ1n) is 5.28. The summed E-state index contributed by atoms with van der Waals surface area (Å²) in [6.45, 7) is 2.78. The van der Waals surface area contributed by atoms with Crippen LogP contribution in [0.1, 0.15) is 18.5 Å². The number of nitrogens with two attached hydrogens (primary N) is 1. The molecule has 0 bridgehead atoms. The van der Waals surface area contributed by atoms with Crippen LogP contribution in [0, 0.1) is 6.92 Å². The van der Waals surface area contributed by atoms with E-state index in [9.17, 15) is 4.79 Å². The topological polar surface area (TPSA) is 59.2 Å². The minimum absolute atomic E-state index is 0.201. The zero-order valence-electron chi connectivity index (χ0n) is 9.11. The zero-order chi connectivity index (χ0) is 11.7. The first-order valence-corrected chi connectivity index (χ1v) is 6.08. The Morgan fingerprint density at radius 1 is 1.62 bits per heavy atom. The summed E-state index contributed by atoms with van der Waals surface area (Å²) in [6, 6.07) is 3.67. The minimum Gasteiger partial charge on any atom is -0.368 e. The van der Waals surface area contributed by atoms with Crippen LogP contribution in [0.25, 0.3) is 0 Å². The molecule has 0 radical (unpaired) electrons. The number of amides is 1. The molecule has 1 amide bonds. The third-order valence-corrected chi connectivity index (χ3v) is 3.72. The summed E-state index contributed by atoms with van der Waals surface area (Å²) in [5, 5.41) is 0. The van der Waals surface area contributed by atoms with Crippen LogP contribution in [0.5, 0.6) is 0 Å². The number of nitrogens with zero attached hydrogens (tertiary/aromatic N) is 2. The van der Waals surface area contributed by atoms with E-state index in [-0.39, 0.29) is 11.9 Å². The molecule has 0 aliphatic carbocycles. The van der Waals surface area contributed by atoms with E-state index in [1.807, 2.05) is 24.0 Å². The number of primary amides is 1. The van der Waals surface area contributed by atoms with Gasteiger partial charge in [0.05, 0.1) is 5.69 Å². The Morgan fingerprint density at radius 3 is 3.00 bits per heavy atom. The Kier molecular flexibility index (Phi) is 3.14. The summed E-state index contributed by atoms with van der Waals surface area (Å²) in [5.41, 5.74) is 6.30. The molecular weight excluding hydrogens is 270 g/mol. The van der Waals surface area contributed by atoms with Gasteiger partial charge in [-0.05, 0) is 47.8 Å². The number of aromatic nitrogens is 1. The second-order valence-corrected chi connectivity index (χ2v) is 4.84. The van der Waals surface area contributed by atoms with Crippen molar-refractivity contribution in [2.75, 3.05) is 11.4 Å². The lowest BCUT2D eigenvalue weighted by atomic mass is 10.2. The highest BCUT2D eigenvalue weighted by Gasteiger charge is 2.29. The van der Waals surface area contributed by atoms with Crippen LogP contribution in [0.2, 0.25) is 0 Å². The Bertz CT molecular complexity index is 422. The molecule has 1 aromatic rings. The van der Waals surface area contributed by atoms with Gasteiger partial charge in [0.2, 0.25) is 5.91 Å². The van der Waals surface area contributed by atoms with E-state index >= 15 is 0 Å². The molecule has 1 atom stereocenters. The normalized spacial score (nSPS) is 20.1. The summed E-state index contributed by atoms with van der Waals surface area (Å²) in [7, 11) is 0. The van der Waals surface area contributed by atoms with Gasteiger partial charge in [-0.3, -0.25) is 4.79 Å². The lowest BCUT2D eigenvalue weighted by molar-refractivity contribution is -0.119. The molecule has 0 spiro atoms. The molecule has 2 rings (SSSR count). The number of halogens is 1. The first kappa shape index (κ1) is 11.4. The van der Waals surface area contributed by atoms with Crippen molar-refractivity contribution in [1.29, 1.82) is 0 Å². The van der Waals surface area contributed by atoms with Crippen molar-refractivity contribution in [2.45, 2.75) is 25.8 Å². The van der Waals surface area contributed by atoms with Crippen molar-refractivity contribution in [2.24, 2.45) is 5.73 Å². The summed E-state index contributed by atoms with van der Waals surface area (Å²) >= 11 is 3.41. The zero-order valence-corrected chi connectivity index (χ0v) is 10.7. The summed E-state index contributed by atoms with van der Waals surface area (Å²) in [5.74, 6) is 0.571. The maximum absolute atomic E-state index is 11.3. The maximum atomic E-state index is 11.3. The smallest absolute Gasteiger partial charge is 0.240 e. The lowest BCUT2D eigenvalue weighted by Crippen LogP contribution is -2.40. The van der Waals surface area contributed by atoms with Crippen LogP contribution < -0.4 is 10.6 Å². The molecular formula is C11H14BrN3O. The molecule has 1 aromatic heterocycles. The molecule has 1 aliphatic heterocycles. The van der Waals surface area contributed by atoms with Gasteiger partial charge in [-0.25, -0.2) is 4.98 Å². The second kappa shape index (κ2) is 4.41. The fraction of sp³-hybridized carbons (Fsp3) is 0.455. The second-order valence-electron chi connectivity index (χ2n) is 3.99. The molecule has 2 N–H and O–H groups in total. The molecule has 1 aliphatic rings. The molecule has 2 heterocycles. The monoisotopic (exact) mass is 283 g/mol. The fourth-order valence-electron chi connectivity index (χ4n) is 2.03. The summed E-state index contributed by atoms with van der Waals surface area (Å²) in [4.78, 5) is 17.7. The highest BCUT2D eigenvalue weighted by atomic mass is 79.9. The van der Waals surface area contributed by atoms with Crippen LogP contribution in [-0.2, 0) is 4.79 Å². The molecule has 16 heavy (non-hydrogen) atoms. The van der Waals surface area contributed by atoms with Crippen LogP contribution in [0.4, 0.5) is 5.82 Å². The van der Waals surface area contributed by atoms with E-state index in [0.29, 0.717) is 0 Å². The fourth-order valence-corrected chi connectivity index (χ4v) is 2.25. The molecule has 4 nitrogen and oxygen atoms in total. The average molecular weight is 284 g/mol. The van der Waals surface area contributed by atoms with Gasteiger partial charge in [0.25, 0.3) is 0 Å². The number of carbonyl (C=O) groups excluding carboxylic acids is 1. The summed E-state index contributed by atoms with van der Waals surface area (Å²) in [6.07, 6.45) is 1.82. The maximum Gasteiger partial charge on any atom is 0.240 e. The standard InChI is InChI=1S/C11H14BrN3O/c1-7-8(12)4-5-10(14-7)15-6-2-3-9(15)11(13)16/h4-5,9H,2-3,6H2,1H3,(H2,13,16). The molecule has 1 saturated heterocycles. The highest BCUT2D eigenvalue weighted by Crippen LogP contribution is 2.25. The van der Waals surface area contributed by atoms with Crippen LogP contribution >= 0.6 is 15.9 Å². The van der Waals surface area contributed by atoms with Crippen LogP contribution in [0.3, 0.4) is 0 Å². The van der Waals surface area contributed by atoms with Crippen LogP contribution in [0.15, 0.2) is 16.6 Å². The SMILES string of the molecule is Cc1nc(N2CCCC2C(N)=O)ccc1Br. The average Bonchev–Trinajstić information content (AvgIpc) is 2.71. The number of aryl methyl sites for hydroxylation is 1. The van der Waals surface area contributed by atoms with E-state index in [0.717, 1.165) is 35.4 Å². The number of pyridine rings is 1. The van der Waals surface area contributed by atoms with Gasteiger partial charge in [0.15, 0.2) is 0 Å². The number of hydrogen-bond donors (Lipinski definition) is 1. The minimum atomic E-state index is -0.264. The van der Waals surface area contributed by atoms with Crippen molar-refractivity contribution >= 4 is 27.7 Å². The van der Waals surface area contributed by atoms with E-state index < -0.39 is 0 Å². The van der Waals surface area contributed by atoms with Gasteiger partial charge in [-0.15, -0.1) is 0 Å². The Balaban J connectivity index is 2.29. The van der Waals surface area contributed by atoms with Gasteiger partial charge in [0, 0.05) is 11.0 Å². The van der Waals surface area contributed by atoms with Crippen LogP contribution in [-0.4, -0.2) is 23.5 Å². The van der Waals surface area contributed by atoms with E-state index in [2.05, 4.69) is 20.9 Å².